The number of carbonyl (C=O) groups is 2. The first-order valence-corrected chi connectivity index (χ1v) is 7.90. The standard InChI is InChI=1S/C17H23NO7/c1-11(16(19)18-7-9-24-10-8-18)25-17(20)12-5-6-13(21-2)15(23-4)14(12)22-3/h5-6,11H,7-10H2,1-4H3. The van der Waals surface area contributed by atoms with Gasteiger partial charge in [0.15, 0.2) is 17.6 Å². The van der Waals surface area contributed by atoms with Gasteiger partial charge >= 0.3 is 5.97 Å². The van der Waals surface area contributed by atoms with Crippen molar-refractivity contribution in [1.82, 2.24) is 4.90 Å². The molecule has 1 aromatic carbocycles. The van der Waals surface area contributed by atoms with Crippen molar-refractivity contribution in [1.29, 1.82) is 0 Å². The smallest absolute Gasteiger partial charge is 0.342 e. The molecule has 0 N–H and O–H groups in total. The molecule has 25 heavy (non-hydrogen) atoms. The largest absolute Gasteiger partial charge is 0.493 e. The van der Waals surface area contributed by atoms with E-state index >= 15 is 0 Å². The minimum Gasteiger partial charge on any atom is -0.493 e. The molecule has 138 valence electrons. The monoisotopic (exact) mass is 353 g/mol. The second-order valence-corrected chi connectivity index (χ2v) is 5.37. The van der Waals surface area contributed by atoms with Crippen molar-refractivity contribution in [2.24, 2.45) is 0 Å². The Labute approximate surface area is 146 Å². The fraction of sp³-hybridized carbons (Fsp3) is 0.529. The highest BCUT2D eigenvalue weighted by molar-refractivity contribution is 5.96. The van der Waals surface area contributed by atoms with Crippen LogP contribution >= 0.6 is 0 Å². The van der Waals surface area contributed by atoms with Crippen molar-refractivity contribution < 1.29 is 33.3 Å². The summed E-state index contributed by atoms with van der Waals surface area (Å²) in [5.41, 5.74) is 0.154. The second kappa shape index (κ2) is 8.57. The van der Waals surface area contributed by atoms with Gasteiger partial charge in [0.2, 0.25) is 5.75 Å². The Morgan fingerprint density at radius 3 is 2.24 bits per heavy atom. The van der Waals surface area contributed by atoms with Crippen LogP contribution in [0.3, 0.4) is 0 Å². The van der Waals surface area contributed by atoms with Gasteiger partial charge in [0.1, 0.15) is 5.56 Å². The summed E-state index contributed by atoms with van der Waals surface area (Å²) in [4.78, 5) is 26.5. The van der Waals surface area contributed by atoms with Crippen LogP contribution in [0.25, 0.3) is 0 Å². The minimum atomic E-state index is -0.914. The van der Waals surface area contributed by atoms with E-state index in [0.29, 0.717) is 32.1 Å². The zero-order chi connectivity index (χ0) is 18.4. The van der Waals surface area contributed by atoms with Gasteiger partial charge in [-0.1, -0.05) is 0 Å². The van der Waals surface area contributed by atoms with Crippen molar-refractivity contribution in [2.75, 3.05) is 47.6 Å². The van der Waals surface area contributed by atoms with E-state index in [9.17, 15) is 9.59 Å². The highest BCUT2D eigenvalue weighted by atomic mass is 16.6. The lowest BCUT2D eigenvalue weighted by molar-refractivity contribution is -0.143. The molecule has 2 rings (SSSR count). The number of hydrogen-bond donors (Lipinski definition) is 0. The normalized spacial score (nSPS) is 15.3. The highest BCUT2D eigenvalue weighted by Crippen LogP contribution is 2.40. The molecule has 1 atom stereocenters. The number of benzene rings is 1. The van der Waals surface area contributed by atoms with Crippen LogP contribution in [0.5, 0.6) is 17.2 Å². The maximum Gasteiger partial charge on any atom is 0.342 e. The van der Waals surface area contributed by atoms with Crippen LogP contribution < -0.4 is 14.2 Å². The van der Waals surface area contributed by atoms with Crippen molar-refractivity contribution in [3.8, 4) is 17.2 Å². The third-order valence-corrected chi connectivity index (χ3v) is 3.88. The second-order valence-electron chi connectivity index (χ2n) is 5.37. The van der Waals surface area contributed by atoms with Gasteiger partial charge in [-0.2, -0.15) is 0 Å². The van der Waals surface area contributed by atoms with Crippen molar-refractivity contribution in [2.45, 2.75) is 13.0 Å². The molecule has 1 amide bonds. The molecule has 0 aromatic heterocycles. The summed E-state index contributed by atoms with van der Waals surface area (Å²) < 4.78 is 26.2. The number of carbonyl (C=O) groups excluding carboxylic acids is 2. The molecular formula is C17H23NO7. The predicted octanol–water partition coefficient (Wildman–Crippen LogP) is 1.12. The number of amides is 1. The Morgan fingerprint density at radius 1 is 1.04 bits per heavy atom. The lowest BCUT2D eigenvalue weighted by atomic mass is 10.1. The van der Waals surface area contributed by atoms with Crippen LogP contribution in [0.15, 0.2) is 12.1 Å². The van der Waals surface area contributed by atoms with E-state index in [1.54, 1.807) is 17.9 Å². The number of hydrogen-bond acceptors (Lipinski definition) is 7. The van der Waals surface area contributed by atoms with Crippen molar-refractivity contribution in [3.05, 3.63) is 17.7 Å². The van der Waals surface area contributed by atoms with E-state index in [1.165, 1.54) is 27.4 Å². The minimum absolute atomic E-state index is 0.154. The lowest BCUT2D eigenvalue weighted by Crippen LogP contribution is -2.46. The van der Waals surface area contributed by atoms with Crippen molar-refractivity contribution >= 4 is 11.9 Å². The topological polar surface area (TPSA) is 83.5 Å². The molecule has 1 aliphatic heterocycles. The number of ether oxygens (including phenoxy) is 5. The molecule has 0 bridgehead atoms. The van der Waals surface area contributed by atoms with E-state index in [2.05, 4.69) is 0 Å². The van der Waals surface area contributed by atoms with Gasteiger partial charge in [-0.25, -0.2) is 4.79 Å². The first-order valence-electron chi connectivity index (χ1n) is 7.90. The summed E-state index contributed by atoms with van der Waals surface area (Å²) in [5, 5.41) is 0. The van der Waals surface area contributed by atoms with Gasteiger partial charge < -0.3 is 28.6 Å². The molecular weight excluding hydrogens is 330 g/mol. The zero-order valence-corrected chi connectivity index (χ0v) is 14.9. The third kappa shape index (κ3) is 4.14. The molecule has 0 radical (unpaired) electrons. The van der Waals surface area contributed by atoms with Crippen LogP contribution in [0.1, 0.15) is 17.3 Å². The Bertz CT molecular complexity index is 626. The van der Waals surface area contributed by atoms with Gasteiger partial charge in [-0.15, -0.1) is 0 Å². The van der Waals surface area contributed by atoms with E-state index in [0.717, 1.165) is 0 Å². The van der Waals surface area contributed by atoms with Gasteiger partial charge in [0, 0.05) is 13.1 Å². The Balaban J connectivity index is 2.15. The summed E-state index contributed by atoms with van der Waals surface area (Å²) in [6.45, 7) is 3.48. The molecule has 1 aliphatic rings. The van der Waals surface area contributed by atoms with Crippen LogP contribution in [0.2, 0.25) is 0 Å². The first kappa shape index (κ1) is 18.9. The fourth-order valence-corrected chi connectivity index (χ4v) is 2.58. The van der Waals surface area contributed by atoms with Crippen molar-refractivity contribution in [3.63, 3.8) is 0 Å². The highest BCUT2D eigenvalue weighted by Gasteiger charge is 2.28. The molecule has 0 aliphatic carbocycles. The van der Waals surface area contributed by atoms with Crippen LogP contribution in [0.4, 0.5) is 0 Å². The molecule has 0 saturated carbocycles. The maximum atomic E-state index is 12.5. The molecule has 1 aromatic rings. The average molecular weight is 353 g/mol. The van der Waals surface area contributed by atoms with Gasteiger partial charge in [-0.05, 0) is 19.1 Å². The summed E-state index contributed by atoms with van der Waals surface area (Å²) in [6.07, 6.45) is -0.914. The molecule has 8 heteroatoms. The van der Waals surface area contributed by atoms with Crippen LogP contribution in [-0.2, 0) is 14.3 Å². The number of esters is 1. The summed E-state index contributed by atoms with van der Waals surface area (Å²) >= 11 is 0. The number of rotatable bonds is 6. The van der Waals surface area contributed by atoms with Crippen LogP contribution in [-0.4, -0.2) is 70.5 Å². The summed E-state index contributed by atoms with van der Waals surface area (Å²) in [5.74, 6) is -0.0270. The molecule has 8 nitrogen and oxygen atoms in total. The summed E-state index contributed by atoms with van der Waals surface area (Å²) in [7, 11) is 4.34. The predicted molar refractivity (Wildman–Crippen MR) is 88.4 cm³/mol. The third-order valence-electron chi connectivity index (χ3n) is 3.88. The number of methoxy groups -OCH3 is 3. The molecule has 1 heterocycles. The van der Waals surface area contributed by atoms with Crippen LogP contribution in [0, 0.1) is 0 Å². The Morgan fingerprint density at radius 2 is 1.68 bits per heavy atom. The van der Waals surface area contributed by atoms with E-state index < -0.39 is 12.1 Å². The van der Waals surface area contributed by atoms with Gasteiger partial charge in [-0.3, -0.25) is 4.79 Å². The van der Waals surface area contributed by atoms with Gasteiger partial charge in [0.05, 0.1) is 34.5 Å². The fourth-order valence-electron chi connectivity index (χ4n) is 2.58. The maximum absolute atomic E-state index is 12.5. The average Bonchev–Trinajstić information content (AvgIpc) is 2.66. The lowest BCUT2D eigenvalue weighted by Gasteiger charge is -2.29. The molecule has 1 fully saturated rings. The first-order chi connectivity index (χ1) is 12.0. The molecule has 0 spiro atoms. The Hall–Kier alpha value is -2.48. The number of morpholine rings is 1. The van der Waals surface area contributed by atoms with E-state index in [-0.39, 0.29) is 23.0 Å². The summed E-state index contributed by atoms with van der Waals surface area (Å²) in [6, 6.07) is 3.08. The van der Waals surface area contributed by atoms with E-state index in [1.807, 2.05) is 0 Å². The number of nitrogens with zero attached hydrogens (tertiary/aromatic N) is 1. The zero-order valence-electron chi connectivity index (χ0n) is 14.9. The van der Waals surface area contributed by atoms with Gasteiger partial charge in [0.25, 0.3) is 5.91 Å². The molecule has 1 unspecified atom stereocenters. The SMILES string of the molecule is COc1ccc(C(=O)OC(C)C(=O)N2CCOCC2)c(OC)c1OC. The quantitative estimate of drug-likeness (QED) is 0.709. The molecule has 1 saturated heterocycles. The Kier molecular flexibility index (Phi) is 6.46. The van der Waals surface area contributed by atoms with E-state index in [4.69, 9.17) is 23.7 Å².